The first kappa shape index (κ1) is 13.0. The zero-order chi connectivity index (χ0) is 11.8. The Hall–Kier alpha value is -0.0900. The van der Waals surface area contributed by atoms with Crippen LogP contribution in [0.2, 0.25) is 0 Å². The van der Waals surface area contributed by atoms with Crippen molar-refractivity contribution >= 4 is 7.82 Å². The second-order valence-corrected chi connectivity index (χ2v) is 4.15. The van der Waals surface area contributed by atoms with Crippen molar-refractivity contribution in [3.63, 3.8) is 0 Å². The molecule has 5 atom stereocenters. The van der Waals surface area contributed by atoms with E-state index in [9.17, 15) is 9.67 Å². The van der Waals surface area contributed by atoms with Crippen molar-refractivity contribution in [1.29, 1.82) is 0 Å². The van der Waals surface area contributed by atoms with Crippen molar-refractivity contribution in [3.05, 3.63) is 0 Å². The summed E-state index contributed by atoms with van der Waals surface area (Å²) in [5.74, 6) is 0. The molecule has 1 saturated heterocycles. The van der Waals surface area contributed by atoms with Gasteiger partial charge in [0.05, 0.1) is 0 Å². The molecular weight excluding hydrogens is 235 g/mol. The Morgan fingerprint density at radius 1 is 1.00 bits per heavy atom. The first-order valence-corrected chi connectivity index (χ1v) is 5.37. The molecule has 0 aliphatic carbocycles. The SMILES string of the molecule is O=P(O)(O)OC1O[C@H](O)[C@H](O)[C@@H](O)[C@@H]1O. The number of rotatable bonds is 2. The first-order valence-electron chi connectivity index (χ1n) is 3.84. The predicted molar refractivity (Wildman–Crippen MR) is 42.0 cm³/mol. The summed E-state index contributed by atoms with van der Waals surface area (Å²) in [6.07, 6.45) is -9.31. The molecule has 0 bridgehead atoms. The minimum absolute atomic E-state index is 1.78. The van der Waals surface area contributed by atoms with Gasteiger partial charge < -0.3 is 34.9 Å². The standard InChI is InChI=1S/C5H11O9P/c6-1-2(7)4(9)13-5(3(1)8)14-15(10,11)12/h1-9H,(H2,10,11,12)/t1-,2-,3+,4+,5?/m1/s1. The average molecular weight is 246 g/mol. The summed E-state index contributed by atoms with van der Waals surface area (Å²) in [4.78, 5) is 16.8. The van der Waals surface area contributed by atoms with Gasteiger partial charge in [-0.3, -0.25) is 4.52 Å². The van der Waals surface area contributed by atoms with Gasteiger partial charge in [-0.1, -0.05) is 0 Å². The zero-order valence-electron chi connectivity index (χ0n) is 7.24. The first-order chi connectivity index (χ1) is 6.72. The molecule has 1 rings (SSSR count). The normalized spacial score (nSPS) is 42.9. The highest BCUT2D eigenvalue weighted by molar-refractivity contribution is 7.46. The van der Waals surface area contributed by atoms with E-state index < -0.39 is 38.7 Å². The van der Waals surface area contributed by atoms with E-state index in [1.165, 1.54) is 0 Å². The molecule has 15 heavy (non-hydrogen) atoms. The Morgan fingerprint density at radius 2 is 1.53 bits per heavy atom. The Balaban J connectivity index is 2.71. The molecule has 90 valence electrons. The Bertz CT molecular complexity index is 263. The molecule has 1 fully saturated rings. The minimum atomic E-state index is -4.93. The summed E-state index contributed by atoms with van der Waals surface area (Å²) in [6.45, 7) is 0. The van der Waals surface area contributed by atoms with Gasteiger partial charge in [-0.05, 0) is 0 Å². The lowest BCUT2D eigenvalue weighted by molar-refractivity contribution is -0.323. The van der Waals surface area contributed by atoms with Crippen LogP contribution >= 0.6 is 7.82 Å². The second kappa shape index (κ2) is 4.42. The number of phosphoric acid groups is 1. The third-order valence-electron chi connectivity index (χ3n) is 1.79. The summed E-state index contributed by atoms with van der Waals surface area (Å²) in [7, 11) is -4.93. The summed E-state index contributed by atoms with van der Waals surface area (Å²) in [5, 5.41) is 36.2. The van der Waals surface area contributed by atoms with Crippen LogP contribution in [0.4, 0.5) is 0 Å². The maximum absolute atomic E-state index is 10.4. The van der Waals surface area contributed by atoms with Gasteiger partial charge in [0, 0.05) is 0 Å². The topological polar surface area (TPSA) is 157 Å². The zero-order valence-corrected chi connectivity index (χ0v) is 8.14. The van der Waals surface area contributed by atoms with Crippen LogP contribution in [0.1, 0.15) is 0 Å². The molecular formula is C5H11O9P. The minimum Gasteiger partial charge on any atom is -0.387 e. The monoisotopic (exact) mass is 246 g/mol. The Morgan fingerprint density at radius 3 is 2.00 bits per heavy atom. The van der Waals surface area contributed by atoms with Crippen LogP contribution in [0.3, 0.4) is 0 Å². The van der Waals surface area contributed by atoms with Gasteiger partial charge in [0.1, 0.15) is 18.3 Å². The van der Waals surface area contributed by atoms with Crippen molar-refractivity contribution in [2.75, 3.05) is 0 Å². The van der Waals surface area contributed by atoms with Crippen molar-refractivity contribution in [2.24, 2.45) is 0 Å². The van der Waals surface area contributed by atoms with Crippen LogP contribution in [0.15, 0.2) is 0 Å². The fraction of sp³-hybridized carbons (Fsp3) is 1.00. The van der Waals surface area contributed by atoms with E-state index in [1.807, 2.05) is 0 Å². The summed E-state index contributed by atoms with van der Waals surface area (Å²) >= 11 is 0. The number of phosphoric ester groups is 1. The molecule has 6 N–H and O–H groups in total. The van der Waals surface area contributed by atoms with E-state index in [-0.39, 0.29) is 0 Å². The van der Waals surface area contributed by atoms with E-state index in [1.54, 1.807) is 0 Å². The van der Waals surface area contributed by atoms with Crippen molar-refractivity contribution in [3.8, 4) is 0 Å². The predicted octanol–water partition coefficient (Wildman–Crippen LogP) is -3.15. The Labute approximate surface area is 83.7 Å². The lowest BCUT2D eigenvalue weighted by Crippen LogP contribution is -2.57. The molecule has 1 aliphatic heterocycles. The molecule has 0 amide bonds. The van der Waals surface area contributed by atoms with Crippen molar-refractivity contribution < 1.29 is 44.0 Å². The molecule has 1 heterocycles. The molecule has 0 aromatic carbocycles. The molecule has 1 aliphatic rings. The largest absolute Gasteiger partial charge is 0.472 e. The van der Waals surface area contributed by atoms with E-state index in [0.717, 1.165) is 0 Å². The van der Waals surface area contributed by atoms with Crippen LogP contribution < -0.4 is 0 Å². The van der Waals surface area contributed by atoms with Crippen LogP contribution in [0.5, 0.6) is 0 Å². The van der Waals surface area contributed by atoms with Gasteiger partial charge >= 0.3 is 7.82 Å². The summed E-state index contributed by atoms with van der Waals surface area (Å²) < 4.78 is 18.7. The molecule has 0 aromatic rings. The molecule has 0 radical (unpaired) electrons. The molecule has 0 aromatic heterocycles. The second-order valence-electron chi connectivity index (χ2n) is 2.96. The van der Waals surface area contributed by atoms with Gasteiger partial charge in [-0.15, -0.1) is 0 Å². The van der Waals surface area contributed by atoms with Gasteiger partial charge in [-0.2, -0.15) is 0 Å². The highest BCUT2D eigenvalue weighted by Crippen LogP contribution is 2.40. The van der Waals surface area contributed by atoms with Crippen LogP contribution in [0, 0.1) is 0 Å². The molecule has 0 saturated carbocycles. The Kier molecular flexibility index (Phi) is 3.82. The summed E-state index contributed by atoms with van der Waals surface area (Å²) in [5.41, 5.74) is 0. The highest BCUT2D eigenvalue weighted by Gasteiger charge is 2.45. The van der Waals surface area contributed by atoms with E-state index in [0.29, 0.717) is 0 Å². The average Bonchev–Trinajstić information content (AvgIpc) is 2.08. The van der Waals surface area contributed by atoms with E-state index in [4.69, 9.17) is 25.1 Å². The quantitative estimate of drug-likeness (QED) is 0.277. The molecule has 1 unspecified atom stereocenters. The third kappa shape index (κ3) is 3.18. The lowest BCUT2D eigenvalue weighted by Gasteiger charge is -2.37. The maximum atomic E-state index is 10.4. The fourth-order valence-electron chi connectivity index (χ4n) is 1.05. The van der Waals surface area contributed by atoms with Crippen LogP contribution in [-0.4, -0.2) is 61.1 Å². The van der Waals surface area contributed by atoms with Gasteiger partial charge in [0.25, 0.3) is 0 Å². The van der Waals surface area contributed by atoms with Gasteiger partial charge in [-0.25, -0.2) is 4.57 Å². The fourth-order valence-corrected chi connectivity index (χ4v) is 1.50. The number of ether oxygens (including phenoxy) is 1. The third-order valence-corrected chi connectivity index (χ3v) is 2.27. The van der Waals surface area contributed by atoms with Gasteiger partial charge in [0.15, 0.2) is 6.29 Å². The molecule has 9 nitrogen and oxygen atoms in total. The highest BCUT2D eigenvalue weighted by atomic mass is 31.2. The van der Waals surface area contributed by atoms with E-state index in [2.05, 4.69) is 9.26 Å². The van der Waals surface area contributed by atoms with Crippen molar-refractivity contribution in [1.82, 2.24) is 0 Å². The smallest absolute Gasteiger partial charge is 0.387 e. The van der Waals surface area contributed by atoms with Crippen molar-refractivity contribution in [2.45, 2.75) is 30.9 Å². The maximum Gasteiger partial charge on any atom is 0.472 e. The van der Waals surface area contributed by atoms with E-state index >= 15 is 0 Å². The number of aliphatic hydroxyl groups is 4. The van der Waals surface area contributed by atoms with Crippen LogP contribution in [0.25, 0.3) is 0 Å². The number of hydrogen-bond donors (Lipinski definition) is 6. The lowest BCUT2D eigenvalue weighted by atomic mass is 10.0. The van der Waals surface area contributed by atoms with Gasteiger partial charge in [0.2, 0.25) is 6.29 Å². The molecule has 0 spiro atoms. The molecule has 10 heteroatoms. The number of hydrogen-bond acceptors (Lipinski definition) is 7. The number of aliphatic hydroxyl groups excluding tert-OH is 4. The van der Waals surface area contributed by atoms with Crippen LogP contribution in [-0.2, 0) is 13.8 Å². The summed E-state index contributed by atoms with van der Waals surface area (Å²) in [6, 6.07) is 0.